The van der Waals surface area contributed by atoms with Gasteiger partial charge in [-0.2, -0.15) is 0 Å². The van der Waals surface area contributed by atoms with E-state index in [1.165, 1.54) is 4.57 Å². The first-order chi connectivity index (χ1) is 14.6. The molecule has 1 N–H and O–H groups in total. The number of amides is 1. The number of hydrogen-bond donors (Lipinski definition) is 1. The lowest BCUT2D eigenvalue weighted by molar-refractivity contribution is 0.0494. The Morgan fingerprint density at radius 1 is 1.23 bits per heavy atom. The summed E-state index contributed by atoms with van der Waals surface area (Å²) < 4.78 is 6.92. The largest absolute Gasteiger partial charge is 0.444 e. The van der Waals surface area contributed by atoms with Crippen LogP contribution in [0.1, 0.15) is 52.9 Å². The van der Waals surface area contributed by atoms with Crippen molar-refractivity contribution in [3.05, 3.63) is 63.9 Å². The minimum Gasteiger partial charge on any atom is -0.444 e. The minimum atomic E-state index is -0.653. The zero-order valence-corrected chi connectivity index (χ0v) is 19.1. The zero-order valence-electron chi connectivity index (χ0n) is 18.3. The number of nitrogens with zero attached hydrogens (tertiary/aromatic N) is 3. The van der Waals surface area contributed by atoms with Crippen molar-refractivity contribution in [3.63, 3.8) is 0 Å². The molecule has 0 bridgehead atoms. The molecule has 2 heterocycles. The van der Waals surface area contributed by atoms with Crippen molar-refractivity contribution in [1.29, 1.82) is 0 Å². The third-order valence-electron chi connectivity index (χ3n) is 4.49. The van der Waals surface area contributed by atoms with Crippen LogP contribution in [0.4, 0.5) is 4.79 Å². The van der Waals surface area contributed by atoms with Crippen molar-refractivity contribution >= 4 is 28.6 Å². The van der Waals surface area contributed by atoms with E-state index < -0.39 is 17.7 Å². The summed E-state index contributed by atoms with van der Waals surface area (Å²) in [6.45, 7) is 9.46. The summed E-state index contributed by atoms with van der Waals surface area (Å²) in [6, 6.07) is 8.08. The quantitative estimate of drug-likeness (QED) is 0.597. The number of nitrogens with one attached hydrogen (secondary N) is 1. The van der Waals surface area contributed by atoms with Crippen LogP contribution in [0.5, 0.6) is 0 Å². The Morgan fingerprint density at radius 2 is 1.97 bits per heavy atom. The Hall–Kier alpha value is -2.93. The molecule has 0 aliphatic heterocycles. The number of benzene rings is 1. The predicted octanol–water partition coefficient (Wildman–Crippen LogP) is 5.05. The standard InChI is InChI=1S/C23H27ClN4O3/c1-14(2)12-18(27-22(30)31-23(3,4)5)20-26-17-10-6-9-16(24)19(17)21(29)28(20)15-8-7-11-25-13-15/h6-11,13-14,18H,12H2,1-5H3,(H,27,30)/t18-/m0/s1. The van der Waals surface area contributed by atoms with E-state index in [1.807, 2.05) is 13.8 Å². The summed E-state index contributed by atoms with van der Waals surface area (Å²) in [6.07, 6.45) is 3.18. The molecule has 0 unspecified atom stereocenters. The predicted molar refractivity (Wildman–Crippen MR) is 122 cm³/mol. The summed E-state index contributed by atoms with van der Waals surface area (Å²) in [5.74, 6) is 0.613. The number of alkyl carbamates (subject to hydrolysis) is 1. The van der Waals surface area contributed by atoms with E-state index in [0.717, 1.165) is 0 Å². The van der Waals surface area contributed by atoms with Gasteiger partial charge in [0.2, 0.25) is 0 Å². The Kier molecular flexibility index (Phi) is 6.65. The number of aromatic nitrogens is 3. The van der Waals surface area contributed by atoms with Gasteiger partial charge in [0.05, 0.1) is 33.9 Å². The highest BCUT2D eigenvalue weighted by atomic mass is 35.5. The van der Waals surface area contributed by atoms with Crippen molar-refractivity contribution in [1.82, 2.24) is 19.9 Å². The summed E-state index contributed by atoms with van der Waals surface area (Å²) in [5.41, 5.74) is 0.0297. The van der Waals surface area contributed by atoms with Crippen LogP contribution in [-0.4, -0.2) is 26.2 Å². The smallest absolute Gasteiger partial charge is 0.408 e. The van der Waals surface area contributed by atoms with E-state index in [1.54, 1.807) is 63.5 Å². The molecule has 1 atom stereocenters. The van der Waals surface area contributed by atoms with E-state index in [-0.39, 0.29) is 11.5 Å². The third kappa shape index (κ3) is 5.41. The molecule has 0 radical (unpaired) electrons. The summed E-state index contributed by atoms with van der Waals surface area (Å²) in [7, 11) is 0. The number of ether oxygens (including phenoxy) is 1. The molecule has 31 heavy (non-hydrogen) atoms. The van der Waals surface area contributed by atoms with Gasteiger partial charge < -0.3 is 10.1 Å². The molecule has 0 fully saturated rings. The number of carbonyl (C=O) groups is 1. The average molecular weight is 443 g/mol. The lowest BCUT2D eigenvalue weighted by atomic mass is 10.0. The minimum absolute atomic E-state index is 0.217. The molecule has 7 nitrogen and oxygen atoms in total. The molecule has 2 aromatic heterocycles. The SMILES string of the molecule is CC(C)C[C@H](NC(=O)OC(C)(C)C)c1nc2cccc(Cl)c2c(=O)n1-c1cccnc1. The van der Waals surface area contributed by atoms with Gasteiger partial charge in [-0.3, -0.25) is 14.3 Å². The number of halogens is 1. The zero-order chi connectivity index (χ0) is 22.8. The van der Waals surface area contributed by atoms with Crippen LogP contribution in [0.3, 0.4) is 0 Å². The summed E-state index contributed by atoms with van der Waals surface area (Å²) >= 11 is 6.34. The van der Waals surface area contributed by atoms with E-state index in [2.05, 4.69) is 10.3 Å². The molecule has 3 rings (SSSR count). The topological polar surface area (TPSA) is 86.1 Å². The third-order valence-corrected chi connectivity index (χ3v) is 4.80. The van der Waals surface area contributed by atoms with Gasteiger partial charge in [-0.15, -0.1) is 0 Å². The molecule has 8 heteroatoms. The summed E-state index contributed by atoms with van der Waals surface area (Å²) in [4.78, 5) is 35.0. The van der Waals surface area contributed by atoms with Crippen molar-refractivity contribution in [2.45, 2.75) is 52.7 Å². The monoisotopic (exact) mass is 442 g/mol. The Labute approximate surface area is 186 Å². The van der Waals surface area contributed by atoms with Gasteiger partial charge in [0.1, 0.15) is 11.4 Å². The van der Waals surface area contributed by atoms with Crippen molar-refractivity contribution < 1.29 is 9.53 Å². The first-order valence-electron chi connectivity index (χ1n) is 10.2. The van der Waals surface area contributed by atoms with Gasteiger partial charge >= 0.3 is 6.09 Å². The van der Waals surface area contributed by atoms with Gasteiger partial charge in [0.25, 0.3) is 5.56 Å². The van der Waals surface area contributed by atoms with Crippen LogP contribution >= 0.6 is 11.6 Å². The first kappa shape index (κ1) is 22.7. The fraction of sp³-hybridized carbons (Fsp3) is 0.391. The maximum atomic E-state index is 13.5. The van der Waals surface area contributed by atoms with Gasteiger partial charge in [-0.25, -0.2) is 9.78 Å². The van der Waals surface area contributed by atoms with E-state index in [9.17, 15) is 9.59 Å². The molecular formula is C23H27ClN4O3. The molecule has 1 aromatic carbocycles. The highest BCUT2D eigenvalue weighted by Crippen LogP contribution is 2.26. The molecule has 0 spiro atoms. The first-order valence-corrected chi connectivity index (χ1v) is 10.6. The summed E-state index contributed by atoms with van der Waals surface area (Å²) in [5, 5.41) is 3.54. The average Bonchev–Trinajstić information content (AvgIpc) is 2.66. The molecular weight excluding hydrogens is 416 g/mol. The number of rotatable bonds is 5. The lowest BCUT2D eigenvalue weighted by Crippen LogP contribution is -2.38. The van der Waals surface area contributed by atoms with E-state index >= 15 is 0 Å². The Bertz CT molecular complexity index is 1140. The molecule has 0 saturated carbocycles. The van der Waals surface area contributed by atoms with Gasteiger partial charge in [0, 0.05) is 6.20 Å². The van der Waals surface area contributed by atoms with Gasteiger partial charge in [-0.1, -0.05) is 31.5 Å². The van der Waals surface area contributed by atoms with Crippen LogP contribution < -0.4 is 10.9 Å². The highest BCUT2D eigenvalue weighted by molar-refractivity contribution is 6.35. The number of hydrogen-bond acceptors (Lipinski definition) is 5. The van der Waals surface area contributed by atoms with Crippen LogP contribution in [0.25, 0.3) is 16.6 Å². The number of pyridine rings is 1. The molecule has 0 aliphatic carbocycles. The Morgan fingerprint density at radius 3 is 2.58 bits per heavy atom. The molecule has 1 amide bonds. The second-order valence-electron chi connectivity index (χ2n) is 8.78. The van der Waals surface area contributed by atoms with E-state index in [4.69, 9.17) is 21.3 Å². The number of carbonyl (C=O) groups excluding carboxylic acids is 1. The maximum absolute atomic E-state index is 13.5. The van der Waals surface area contributed by atoms with Crippen LogP contribution in [0.15, 0.2) is 47.5 Å². The molecule has 0 saturated heterocycles. The van der Waals surface area contributed by atoms with Gasteiger partial charge in [-0.05, 0) is 57.4 Å². The molecule has 164 valence electrons. The fourth-order valence-electron chi connectivity index (χ4n) is 3.33. The van der Waals surface area contributed by atoms with Crippen LogP contribution in [-0.2, 0) is 4.74 Å². The van der Waals surface area contributed by atoms with Crippen LogP contribution in [0, 0.1) is 5.92 Å². The van der Waals surface area contributed by atoms with Crippen molar-refractivity contribution in [2.75, 3.05) is 0 Å². The maximum Gasteiger partial charge on any atom is 0.408 e. The van der Waals surface area contributed by atoms with Crippen molar-refractivity contribution in [2.24, 2.45) is 5.92 Å². The lowest BCUT2D eigenvalue weighted by Gasteiger charge is -2.26. The fourth-order valence-corrected chi connectivity index (χ4v) is 3.58. The second kappa shape index (κ2) is 9.06. The van der Waals surface area contributed by atoms with Gasteiger partial charge in [0.15, 0.2) is 0 Å². The van der Waals surface area contributed by atoms with Crippen molar-refractivity contribution in [3.8, 4) is 5.69 Å². The normalized spacial score (nSPS) is 12.7. The number of fused-ring (bicyclic) bond motifs is 1. The van der Waals surface area contributed by atoms with E-state index in [0.29, 0.717) is 33.9 Å². The second-order valence-corrected chi connectivity index (χ2v) is 9.19. The highest BCUT2D eigenvalue weighted by Gasteiger charge is 2.26. The molecule has 0 aliphatic rings. The Balaban J connectivity index is 2.23. The molecule has 3 aromatic rings. The van der Waals surface area contributed by atoms with Crippen LogP contribution in [0.2, 0.25) is 5.02 Å².